The first-order valence-corrected chi connectivity index (χ1v) is 6.54. The van der Waals surface area contributed by atoms with Gasteiger partial charge in [-0.1, -0.05) is 13.3 Å². The highest BCUT2D eigenvalue weighted by Crippen LogP contribution is 2.30. The van der Waals surface area contributed by atoms with Crippen molar-refractivity contribution in [3.05, 3.63) is 0 Å². The molecule has 1 saturated carbocycles. The molecular formula is C13H23NO3. The van der Waals surface area contributed by atoms with Gasteiger partial charge in [-0.2, -0.15) is 0 Å². The molecule has 98 valence electrons. The van der Waals surface area contributed by atoms with Crippen LogP contribution in [-0.4, -0.2) is 35.5 Å². The molecule has 0 aromatic rings. The van der Waals surface area contributed by atoms with Crippen LogP contribution in [0, 0.1) is 11.8 Å². The lowest BCUT2D eigenvalue weighted by Crippen LogP contribution is -2.36. The standard InChI is InChI=1S/C13H23NO3/c1-3-4-9-14(2)12(15)10-5-7-11(8-6-10)13(16)17/h10-11H,3-9H2,1-2H3,(H,16,17). The Labute approximate surface area is 103 Å². The third-order valence-corrected chi connectivity index (χ3v) is 3.65. The molecular weight excluding hydrogens is 218 g/mol. The van der Waals surface area contributed by atoms with E-state index in [1.165, 1.54) is 0 Å². The Bertz CT molecular complexity index is 270. The van der Waals surface area contributed by atoms with Crippen LogP contribution >= 0.6 is 0 Å². The SMILES string of the molecule is CCCCN(C)C(=O)C1CCC(C(=O)O)CC1. The molecule has 1 amide bonds. The van der Waals surface area contributed by atoms with Gasteiger partial charge in [0.05, 0.1) is 5.92 Å². The average Bonchev–Trinajstić information content (AvgIpc) is 2.35. The summed E-state index contributed by atoms with van der Waals surface area (Å²) in [6, 6.07) is 0. The van der Waals surface area contributed by atoms with E-state index in [0.29, 0.717) is 12.8 Å². The number of rotatable bonds is 5. The van der Waals surface area contributed by atoms with Gasteiger partial charge in [0, 0.05) is 19.5 Å². The number of hydrogen-bond acceptors (Lipinski definition) is 2. The van der Waals surface area contributed by atoms with E-state index in [1.54, 1.807) is 4.90 Å². The highest BCUT2D eigenvalue weighted by molar-refractivity contribution is 5.79. The van der Waals surface area contributed by atoms with Crippen LogP contribution in [-0.2, 0) is 9.59 Å². The van der Waals surface area contributed by atoms with E-state index < -0.39 is 5.97 Å². The van der Waals surface area contributed by atoms with E-state index in [-0.39, 0.29) is 17.7 Å². The predicted molar refractivity (Wildman–Crippen MR) is 65.6 cm³/mol. The van der Waals surface area contributed by atoms with Gasteiger partial charge in [-0.15, -0.1) is 0 Å². The van der Waals surface area contributed by atoms with Crippen LogP contribution in [0.4, 0.5) is 0 Å². The summed E-state index contributed by atoms with van der Waals surface area (Å²) < 4.78 is 0. The summed E-state index contributed by atoms with van der Waals surface area (Å²) in [6.07, 6.45) is 4.87. The molecule has 17 heavy (non-hydrogen) atoms. The molecule has 0 aromatic heterocycles. The minimum absolute atomic E-state index is 0.0486. The van der Waals surface area contributed by atoms with Crippen molar-refractivity contribution in [2.24, 2.45) is 11.8 Å². The number of hydrogen-bond donors (Lipinski definition) is 1. The maximum Gasteiger partial charge on any atom is 0.306 e. The minimum Gasteiger partial charge on any atom is -0.481 e. The lowest BCUT2D eigenvalue weighted by atomic mass is 9.81. The number of unbranched alkanes of at least 4 members (excludes halogenated alkanes) is 1. The largest absolute Gasteiger partial charge is 0.481 e. The quantitative estimate of drug-likeness (QED) is 0.802. The third kappa shape index (κ3) is 4.02. The molecule has 4 heteroatoms. The van der Waals surface area contributed by atoms with E-state index in [9.17, 15) is 9.59 Å². The minimum atomic E-state index is -0.713. The van der Waals surface area contributed by atoms with Crippen LogP contribution < -0.4 is 0 Å². The zero-order valence-corrected chi connectivity index (χ0v) is 10.8. The number of carbonyl (C=O) groups excluding carboxylic acids is 1. The number of nitrogens with zero attached hydrogens (tertiary/aromatic N) is 1. The Morgan fingerprint density at radius 3 is 2.18 bits per heavy atom. The van der Waals surface area contributed by atoms with Crippen LogP contribution in [0.1, 0.15) is 45.4 Å². The van der Waals surface area contributed by atoms with Gasteiger partial charge in [0.15, 0.2) is 0 Å². The monoisotopic (exact) mass is 241 g/mol. The molecule has 0 heterocycles. The average molecular weight is 241 g/mol. The van der Waals surface area contributed by atoms with E-state index in [1.807, 2.05) is 7.05 Å². The first-order chi connectivity index (χ1) is 8.06. The predicted octanol–water partition coefficient (Wildman–Crippen LogP) is 2.14. The molecule has 0 bridgehead atoms. The third-order valence-electron chi connectivity index (χ3n) is 3.65. The zero-order chi connectivity index (χ0) is 12.8. The fourth-order valence-corrected chi connectivity index (χ4v) is 2.40. The first-order valence-electron chi connectivity index (χ1n) is 6.54. The molecule has 1 aliphatic rings. The molecule has 0 aromatic carbocycles. The maximum absolute atomic E-state index is 12.1. The zero-order valence-electron chi connectivity index (χ0n) is 10.8. The summed E-state index contributed by atoms with van der Waals surface area (Å²) in [5.41, 5.74) is 0. The van der Waals surface area contributed by atoms with Crippen LogP contribution in [0.3, 0.4) is 0 Å². The number of amides is 1. The van der Waals surface area contributed by atoms with E-state index in [4.69, 9.17) is 5.11 Å². The Morgan fingerprint density at radius 2 is 1.71 bits per heavy atom. The lowest BCUT2D eigenvalue weighted by molar-refractivity contribution is -0.145. The maximum atomic E-state index is 12.1. The number of carboxylic acids is 1. The highest BCUT2D eigenvalue weighted by Gasteiger charge is 2.30. The lowest BCUT2D eigenvalue weighted by Gasteiger charge is -2.28. The molecule has 1 aliphatic carbocycles. The Kier molecular flexibility index (Phi) is 5.45. The van der Waals surface area contributed by atoms with Crippen LogP contribution in [0.25, 0.3) is 0 Å². The van der Waals surface area contributed by atoms with Gasteiger partial charge < -0.3 is 10.0 Å². The molecule has 0 radical (unpaired) electrons. The molecule has 1 fully saturated rings. The van der Waals surface area contributed by atoms with Gasteiger partial charge in [0.1, 0.15) is 0 Å². The van der Waals surface area contributed by atoms with Gasteiger partial charge >= 0.3 is 5.97 Å². The molecule has 0 saturated heterocycles. The Balaban J connectivity index is 2.37. The summed E-state index contributed by atoms with van der Waals surface area (Å²) in [5.74, 6) is -0.704. The fourth-order valence-electron chi connectivity index (χ4n) is 2.40. The van der Waals surface area contributed by atoms with E-state index in [2.05, 4.69) is 6.92 Å². The van der Waals surface area contributed by atoms with Crippen LogP contribution in [0.2, 0.25) is 0 Å². The van der Waals surface area contributed by atoms with E-state index in [0.717, 1.165) is 32.2 Å². The van der Waals surface area contributed by atoms with Crippen molar-refractivity contribution < 1.29 is 14.7 Å². The second-order valence-electron chi connectivity index (χ2n) is 5.00. The van der Waals surface area contributed by atoms with Crippen LogP contribution in [0.15, 0.2) is 0 Å². The molecule has 1 N–H and O–H groups in total. The van der Waals surface area contributed by atoms with Gasteiger partial charge in [-0.05, 0) is 32.1 Å². The van der Waals surface area contributed by atoms with Gasteiger partial charge in [0.25, 0.3) is 0 Å². The van der Waals surface area contributed by atoms with Crippen molar-refractivity contribution >= 4 is 11.9 Å². The molecule has 0 atom stereocenters. The number of carboxylic acid groups (broad SMARTS) is 1. The summed E-state index contributed by atoms with van der Waals surface area (Å²) >= 11 is 0. The second kappa shape index (κ2) is 6.62. The summed E-state index contributed by atoms with van der Waals surface area (Å²) in [4.78, 5) is 24.7. The van der Waals surface area contributed by atoms with Gasteiger partial charge in [-0.3, -0.25) is 9.59 Å². The van der Waals surface area contributed by atoms with E-state index >= 15 is 0 Å². The van der Waals surface area contributed by atoms with Crippen molar-refractivity contribution in [3.63, 3.8) is 0 Å². The fraction of sp³-hybridized carbons (Fsp3) is 0.846. The molecule has 0 unspecified atom stereocenters. The molecule has 4 nitrogen and oxygen atoms in total. The van der Waals surface area contributed by atoms with Gasteiger partial charge in [-0.25, -0.2) is 0 Å². The van der Waals surface area contributed by atoms with Crippen molar-refractivity contribution in [2.75, 3.05) is 13.6 Å². The van der Waals surface area contributed by atoms with Crippen molar-refractivity contribution in [1.82, 2.24) is 4.90 Å². The first kappa shape index (κ1) is 14.0. The second-order valence-corrected chi connectivity index (χ2v) is 5.00. The molecule has 0 spiro atoms. The summed E-state index contributed by atoms with van der Waals surface area (Å²) in [6.45, 7) is 2.92. The normalized spacial score (nSPS) is 24.4. The van der Waals surface area contributed by atoms with Crippen molar-refractivity contribution in [3.8, 4) is 0 Å². The van der Waals surface area contributed by atoms with Crippen LogP contribution in [0.5, 0.6) is 0 Å². The summed E-state index contributed by atoms with van der Waals surface area (Å²) in [7, 11) is 1.85. The smallest absolute Gasteiger partial charge is 0.306 e. The number of aliphatic carboxylic acids is 1. The van der Waals surface area contributed by atoms with Crippen molar-refractivity contribution in [1.29, 1.82) is 0 Å². The Hall–Kier alpha value is -1.06. The highest BCUT2D eigenvalue weighted by atomic mass is 16.4. The molecule has 0 aliphatic heterocycles. The molecule has 1 rings (SSSR count). The van der Waals surface area contributed by atoms with Crippen molar-refractivity contribution in [2.45, 2.75) is 45.4 Å². The summed E-state index contributed by atoms with van der Waals surface area (Å²) in [5, 5.41) is 8.89. The van der Waals surface area contributed by atoms with Gasteiger partial charge in [0.2, 0.25) is 5.91 Å². The topological polar surface area (TPSA) is 57.6 Å². The Morgan fingerprint density at radius 1 is 1.18 bits per heavy atom. The number of carbonyl (C=O) groups is 2.